The third-order valence-corrected chi connectivity index (χ3v) is 1.36. The fourth-order valence-corrected chi connectivity index (χ4v) is 0.873. The van der Waals surface area contributed by atoms with E-state index >= 15 is 0 Å². The fourth-order valence-electron chi connectivity index (χ4n) is 0.387. The number of hydrogen-bond acceptors (Lipinski definition) is 5. The zero-order valence-corrected chi connectivity index (χ0v) is 5.94. The summed E-state index contributed by atoms with van der Waals surface area (Å²) >= 11 is 1.04. The van der Waals surface area contributed by atoms with Gasteiger partial charge in [0.2, 0.25) is 5.13 Å². The van der Waals surface area contributed by atoms with Gasteiger partial charge in [-0.25, -0.2) is 0 Å². The van der Waals surface area contributed by atoms with Crippen molar-refractivity contribution in [1.29, 1.82) is 0 Å². The molecule has 0 spiro atoms. The second-order valence-corrected chi connectivity index (χ2v) is 2.07. The predicted octanol–water partition coefficient (Wildman–Crippen LogP) is 0.0258. The van der Waals surface area contributed by atoms with Crippen molar-refractivity contribution in [2.24, 2.45) is 0 Å². The molecule has 0 fully saturated rings. The van der Waals surface area contributed by atoms with Crippen molar-refractivity contribution in [2.75, 3.05) is 12.4 Å². The SMILES string of the molecule is COc1nsc(N[C]=O)n1. The first-order chi connectivity index (χ1) is 4.86. The Bertz CT molecular complexity index is 224. The van der Waals surface area contributed by atoms with E-state index in [-0.39, 0.29) is 6.01 Å². The summed E-state index contributed by atoms with van der Waals surface area (Å²) in [6, 6.07) is 0.253. The lowest BCUT2D eigenvalue weighted by Gasteiger charge is -1.85. The third kappa shape index (κ3) is 1.41. The monoisotopic (exact) mass is 158 g/mol. The first-order valence-electron chi connectivity index (χ1n) is 2.37. The number of amides is 1. The van der Waals surface area contributed by atoms with Crippen LogP contribution in [-0.4, -0.2) is 22.9 Å². The molecular weight excluding hydrogens is 154 g/mol. The van der Waals surface area contributed by atoms with E-state index in [1.54, 1.807) is 0 Å². The molecule has 0 aromatic carbocycles. The number of anilines is 1. The summed E-state index contributed by atoms with van der Waals surface area (Å²) < 4.78 is 8.38. The standard InChI is InChI=1S/C4H4N3O2S/c1-9-3-6-4(5-2-8)10-7-3/h1H3,(H,5,6,7,8). The van der Waals surface area contributed by atoms with Gasteiger partial charge in [-0.3, -0.25) is 10.1 Å². The van der Waals surface area contributed by atoms with Gasteiger partial charge in [-0.2, -0.15) is 4.98 Å². The number of methoxy groups -OCH3 is 1. The van der Waals surface area contributed by atoms with Gasteiger partial charge in [0.05, 0.1) is 7.11 Å². The first kappa shape index (κ1) is 6.94. The Morgan fingerprint density at radius 2 is 2.60 bits per heavy atom. The Kier molecular flexibility index (Phi) is 2.16. The molecule has 0 saturated carbocycles. The molecule has 1 heterocycles. The van der Waals surface area contributed by atoms with Crippen LogP contribution in [0.2, 0.25) is 0 Å². The van der Waals surface area contributed by atoms with Gasteiger partial charge in [0, 0.05) is 11.5 Å². The van der Waals surface area contributed by atoms with Crippen LogP contribution in [-0.2, 0) is 4.79 Å². The van der Waals surface area contributed by atoms with E-state index in [0.717, 1.165) is 11.5 Å². The van der Waals surface area contributed by atoms with E-state index in [0.29, 0.717) is 5.13 Å². The average Bonchev–Trinajstić information content (AvgIpc) is 2.37. The molecule has 1 N–H and O–H groups in total. The molecule has 1 aromatic heterocycles. The smallest absolute Gasteiger partial charge is 0.329 e. The van der Waals surface area contributed by atoms with Crippen LogP contribution in [0.5, 0.6) is 6.01 Å². The summed E-state index contributed by atoms with van der Waals surface area (Å²) in [6.45, 7) is 0. The Labute approximate surface area is 61.2 Å². The molecule has 0 bridgehead atoms. The number of aromatic nitrogens is 2. The van der Waals surface area contributed by atoms with Crippen LogP contribution in [0.15, 0.2) is 0 Å². The second kappa shape index (κ2) is 3.11. The second-order valence-electron chi connectivity index (χ2n) is 1.31. The van der Waals surface area contributed by atoms with E-state index in [1.165, 1.54) is 13.5 Å². The molecule has 1 aromatic rings. The first-order valence-corrected chi connectivity index (χ1v) is 3.15. The molecule has 1 rings (SSSR count). The molecule has 0 saturated heterocycles. The van der Waals surface area contributed by atoms with Gasteiger partial charge >= 0.3 is 12.4 Å². The van der Waals surface area contributed by atoms with Crippen molar-refractivity contribution in [3.05, 3.63) is 0 Å². The average molecular weight is 158 g/mol. The molecule has 0 aliphatic carbocycles. The maximum absolute atomic E-state index is 9.73. The van der Waals surface area contributed by atoms with Crippen molar-refractivity contribution in [1.82, 2.24) is 9.36 Å². The topological polar surface area (TPSA) is 64.1 Å². The predicted molar refractivity (Wildman–Crippen MR) is 35.8 cm³/mol. The molecule has 1 radical (unpaired) electrons. The van der Waals surface area contributed by atoms with Crippen molar-refractivity contribution in [3.8, 4) is 6.01 Å². The van der Waals surface area contributed by atoms with E-state index in [9.17, 15) is 4.79 Å². The third-order valence-electron chi connectivity index (χ3n) is 0.748. The summed E-state index contributed by atoms with van der Waals surface area (Å²) in [7, 11) is 1.45. The molecular formula is C4H4N3O2S. The zero-order chi connectivity index (χ0) is 7.40. The maximum atomic E-state index is 9.73. The Morgan fingerprint density at radius 3 is 3.10 bits per heavy atom. The van der Waals surface area contributed by atoms with Crippen LogP contribution < -0.4 is 10.1 Å². The summed E-state index contributed by atoms with van der Waals surface area (Å²) in [4.78, 5) is 13.5. The minimum absolute atomic E-state index is 0.253. The molecule has 10 heavy (non-hydrogen) atoms. The van der Waals surface area contributed by atoms with Crippen LogP contribution >= 0.6 is 11.5 Å². The summed E-state index contributed by atoms with van der Waals surface area (Å²) in [5, 5.41) is 2.60. The van der Waals surface area contributed by atoms with E-state index < -0.39 is 0 Å². The normalized spacial score (nSPS) is 8.90. The van der Waals surface area contributed by atoms with Gasteiger partial charge in [-0.1, -0.05) is 0 Å². The van der Waals surface area contributed by atoms with E-state index in [1.807, 2.05) is 0 Å². The molecule has 0 unspecified atom stereocenters. The minimum atomic E-state index is 0.253. The van der Waals surface area contributed by atoms with Crippen molar-refractivity contribution >= 4 is 23.1 Å². The van der Waals surface area contributed by atoms with Gasteiger partial charge in [0.1, 0.15) is 0 Å². The largest absolute Gasteiger partial charge is 0.466 e. The van der Waals surface area contributed by atoms with Crippen LogP contribution in [0.4, 0.5) is 5.13 Å². The summed E-state index contributed by atoms with van der Waals surface area (Å²) in [5.41, 5.74) is 0. The van der Waals surface area contributed by atoms with Crippen LogP contribution in [0.1, 0.15) is 0 Å². The highest BCUT2D eigenvalue weighted by atomic mass is 32.1. The van der Waals surface area contributed by atoms with Crippen LogP contribution in [0.25, 0.3) is 0 Å². The van der Waals surface area contributed by atoms with Gasteiger partial charge < -0.3 is 4.74 Å². The van der Waals surface area contributed by atoms with Gasteiger partial charge in [0.15, 0.2) is 0 Å². The maximum Gasteiger partial charge on any atom is 0.329 e. The molecule has 0 atom stereocenters. The molecule has 5 nitrogen and oxygen atoms in total. The van der Waals surface area contributed by atoms with Crippen molar-refractivity contribution in [3.63, 3.8) is 0 Å². The highest BCUT2D eigenvalue weighted by molar-refractivity contribution is 7.09. The number of nitrogens with one attached hydrogen (secondary N) is 1. The summed E-state index contributed by atoms with van der Waals surface area (Å²) in [6.07, 6.45) is 1.47. The lowest BCUT2D eigenvalue weighted by Crippen LogP contribution is -1.92. The number of rotatable bonds is 3. The van der Waals surface area contributed by atoms with E-state index in [4.69, 9.17) is 0 Å². The van der Waals surface area contributed by atoms with Crippen LogP contribution in [0, 0.1) is 0 Å². The minimum Gasteiger partial charge on any atom is -0.466 e. The lowest BCUT2D eigenvalue weighted by atomic mass is 11.0. The summed E-state index contributed by atoms with van der Waals surface area (Å²) in [5.74, 6) is 0. The molecule has 0 aliphatic rings. The highest BCUT2D eigenvalue weighted by Gasteiger charge is 2.00. The van der Waals surface area contributed by atoms with Crippen LogP contribution in [0.3, 0.4) is 0 Å². The Balaban J connectivity index is 2.67. The molecule has 53 valence electrons. The van der Waals surface area contributed by atoms with Crippen molar-refractivity contribution < 1.29 is 9.53 Å². The van der Waals surface area contributed by atoms with Gasteiger partial charge in [0.25, 0.3) is 0 Å². The van der Waals surface area contributed by atoms with Crippen molar-refractivity contribution in [2.45, 2.75) is 0 Å². The van der Waals surface area contributed by atoms with Gasteiger partial charge in [-0.05, 0) is 0 Å². The molecule has 0 aliphatic heterocycles. The highest BCUT2D eigenvalue weighted by Crippen LogP contribution is 2.13. The van der Waals surface area contributed by atoms with Gasteiger partial charge in [-0.15, -0.1) is 4.37 Å². The molecule has 6 heteroatoms. The molecule has 1 amide bonds. The lowest BCUT2D eigenvalue weighted by molar-refractivity contribution is 0.386. The Hall–Kier alpha value is -1.17. The van der Waals surface area contributed by atoms with E-state index in [2.05, 4.69) is 19.4 Å². The number of ether oxygens (including phenoxy) is 1. The fraction of sp³-hybridized carbons (Fsp3) is 0.250. The quantitative estimate of drug-likeness (QED) is 0.630. The Morgan fingerprint density at radius 1 is 1.80 bits per heavy atom. The number of hydrogen-bond donors (Lipinski definition) is 1. The number of carbonyl (C=O) groups excluding carboxylic acids is 1. The number of nitrogens with zero attached hydrogens (tertiary/aromatic N) is 2. The zero-order valence-electron chi connectivity index (χ0n) is 5.12.